The predicted molar refractivity (Wildman–Crippen MR) is 59.2 cm³/mol. The quantitative estimate of drug-likeness (QED) is 0.524. The molecule has 0 bridgehead atoms. The molecule has 2 atom stereocenters. The third-order valence-electron chi connectivity index (χ3n) is 2.67. The van der Waals surface area contributed by atoms with Crippen LogP contribution in [0.2, 0.25) is 0 Å². The van der Waals surface area contributed by atoms with Crippen molar-refractivity contribution >= 4 is 5.78 Å². The molecule has 82 valence electrons. The number of aliphatic hydroxyl groups excluding tert-OH is 1. The molecular formula is C12H22O2. The van der Waals surface area contributed by atoms with Crippen LogP contribution in [0.4, 0.5) is 0 Å². The van der Waals surface area contributed by atoms with Gasteiger partial charge in [-0.1, -0.05) is 34.1 Å². The van der Waals surface area contributed by atoms with E-state index in [1.165, 1.54) is 6.08 Å². The first-order valence-electron chi connectivity index (χ1n) is 5.44. The fourth-order valence-electron chi connectivity index (χ4n) is 1.06. The Morgan fingerprint density at radius 1 is 1.29 bits per heavy atom. The molecule has 0 aliphatic carbocycles. The Labute approximate surface area is 87.0 Å². The summed E-state index contributed by atoms with van der Waals surface area (Å²) in [5.41, 5.74) is 0. The highest BCUT2D eigenvalue weighted by Gasteiger charge is 2.09. The minimum Gasteiger partial charge on any atom is -0.512 e. The van der Waals surface area contributed by atoms with Crippen molar-refractivity contribution in [3.8, 4) is 0 Å². The van der Waals surface area contributed by atoms with Crippen LogP contribution in [0.25, 0.3) is 0 Å². The minimum atomic E-state index is 0.0390. The Morgan fingerprint density at radius 3 is 2.29 bits per heavy atom. The molecule has 0 amide bonds. The second kappa shape index (κ2) is 6.63. The van der Waals surface area contributed by atoms with Gasteiger partial charge in [-0.2, -0.15) is 0 Å². The SMILES string of the molecule is CCC(C)CC(=O)C=C(O)C(C)CC. The number of rotatable bonds is 6. The van der Waals surface area contributed by atoms with Gasteiger partial charge in [0.25, 0.3) is 0 Å². The van der Waals surface area contributed by atoms with Crippen LogP contribution in [0.1, 0.15) is 47.0 Å². The fraction of sp³-hybridized carbons (Fsp3) is 0.750. The molecule has 0 aromatic rings. The second-order valence-electron chi connectivity index (χ2n) is 4.06. The summed E-state index contributed by atoms with van der Waals surface area (Å²) < 4.78 is 0. The third-order valence-corrected chi connectivity index (χ3v) is 2.67. The maximum Gasteiger partial charge on any atom is 0.159 e. The van der Waals surface area contributed by atoms with Crippen LogP contribution in [0, 0.1) is 11.8 Å². The third kappa shape index (κ3) is 5.05. The molecule has 2 heteroatoms. The summed E-state index contributed by atoms with van der Waals surface area (Å²) in [7, 11) is 0. The van der Waals surface area contributed by atoms with E-state index in [0.717, 1.165) is 12.8 Å². The van der Waals surface area contributed by atoms with Crippen molar-refractivity contribution in [3.05, 3.63) is 11.8 Å². The summed E-state index contributed by atoms with van der Waals surface area (Å²) in [6, 6.07) is 0. The predicted octanol–water partition coefficient (Wildman–Crippen LogP) is 3.48. The first kappa shape index (κ1) is 13.2. The number of carbonyl (C=O) groups is 1. The maximum absolute atomic E-state index is 11.4. The second-order valence-corrected chi connectivity index (χ2v) is 4.06. The van der Waals surface area contributed by atoms with E-state index in [1.807, 2.05) is 20.8 Å². The van der Waals surface area contributed by atoms with Crippen molar-refractivity contribution in [1.29, 1.82) is 0 Å². The van der Waals surface area contributed by atoms with E-state index in [2.05, 4.69) is 6.92 Å². The van der Waals surface area contributed by atoms with Gasteiger partial charge in [0.05, 0.1) is 5.76 Å². The molecule has 0 saturated heterocycles. The first-order valence-corrected chi connectivity index (χ1v) is 5.44. The van der Waals surface area contributed by atoms with Gasteiger partial charge in [-0.05, 0) is 12.3 Å². The summed E-state index contributed by atoms with van der Waals surface area (Å²) in [5.74, 6) is 0.761. The highest BCUT2D eigenvalue weighted by atomic mass is 16.3. The van der Waals surface area contributed by atoms with Crippen LogP contribution in [0.5, 0.6) is 0 Å². The molecule has 2 nitrogen and oxygen atoms in total. The van der Waals surface area contributed by atoms with E-state index in [9.17, 15) is 9.90 Å². The van der Waals surface area contributed by atoms with Gasteiger partial charge in [-0.15, -0.1) is 0 Å². The highest BCUT2D eigenvalue weighted by Crippen LogP contribution is 2.13. The zero-order valence-corrected chi connectivity index (χ0v) is 9.71. The molecule has 0 rings (SSSR count). The van der Waals surface area contributed by atoms with Crippen molar-refractivity contribution in [2.45, 2.75) is 47.0 Å². The molecule has 0 spiro atoms. The number of hydrogen-bond acceptors (Lipinski definition) is 2. The van der Waals surface area contributed by atoms with Gasteiger partial charge in [-0.3, -0.25) is 4.79 Å². The molecule has 0 heterocycles. The topological polar surface area (TPSA) is 37.3 Å². The minimum absolute atomic E-state index is 0.0390. The lowest BCUT2D eigenvalue weighted by Crippen LogP contribution is -2.05. The van der Waals surface area contributed by atoms with Gasteiger partial charge >= 0.3 is 0 Å². The molecule has 1 N–H and O–H groups in total. The first-order chi connectivity index (χ1) is 6.51. The van der Waals surface area contributed by atoms with Crippen molar-refractivity contribution in [2.75, 3.05) is 0 Å². The van der Waals surface area contributed by atoms with Crippen molar-refractivity contribution in [3.63, 3.8) is 0 Å². The van der Waals surface area contributed by atoms with Crippen molar-refractivity contribution in [1.82, 2.24) is 0 Å². The van der Waals surface area contributed by atoms with E-state index in [1.54, 1.807) is 0 Å². The maximum atomic E-state index is 11.4. The molecule has 0 aromatic carbocycles. The highest BCUT2D eigenvalue weighted by molar-refractivity contribution is 5.90. The Hall–Kier alpha value is -0.790. The lowest BCUT2D eigenvalue weighted by atomic mass is 9.99. The zero-order valence-electron chi connectivity index (χ0n) is 9.71. The summed E-state index contributed by atoms with van der Waals surface area (Å²) in [4.78, 5) is 11.4. The van der Waals surface area contributed by atoms with Gasteiger partial charge in [0.1, 0.15) is 0 Å². The monoisotopic (exact) mass is 198 g/mol. The Morgan fingerprint density at radius 2 is 1.86 bits per heavy atom. The summed E-state index contributed by atoms with van der Waals surface area (Å²) in [6.45, 7) is 8.03. The molecule has 0 aliphatic rings. The molecule has 14 heavy (non-hydrogen) atoms. The lowest BCUT2D eigenvalue weighted by Gasteiger charge is -2.08. The van der Waals surface area contributed by atoms with Crippen molar-refractivity contribution < 1.29 is 9.90 Å². The summed E-state index contributed by atoms with van der Waals surface area (Å²) >= 11 is 0. The number of ketones is 1. The van der Waals surface area contributed by atoms with Gasteiger partial charge in [-0.25, -0.2) is 0 Å². The molecule has 0 aromatic heterocycles. The molecule has 0 aliphatic heterocycles. The van der Waals surface area contributed by atoms with E-state index in [4.69, 9.17) is 0 Å². The van der Waals surface area contributed by atoms with E-state index in [0.29, 0.717) is 12.3 Å². The molecule has 0 saturated carbocycles. The summed E-state index contributed by atoms with van der Waals surface area (Å²) in [6.07, 6.45) is 3.79. The number of aliphatic hydroxyl groups is 1. The summed E-state index contributed by atoms with van der Waals surface area (Å²) in [5, 5.41) is 9.51. The smallest absolute Gasteiger partial charge is 0.159 e. The van der Waals surface area contributed by atoms with Gasteiger partial charge in [0.2, 0.25) is 0 Å². The normalized spacial score (nSPS) is 16.4. The average Bonchev–Trinajstić information content (AvgIpc) is 2.15. The molecular weight excluding hydrogens is 176 g/mol. The van der Waals surface area contributed by atoms with Gasteiger partial charge in [0.15, 0.2) is 5.78 Å². The number of hydrogen-bond donors (Lipinski definition) is 1. The zero-order chi connectivity index (χ0) is 11.1. The van der Waals surface area contributed by atoms with Gasteiger partial charge < -0.3 is 5.11 Å². The van der Waals surface area contributed by atoms with E-state index < -0.39 is 0 Å². The van der Waals surface area contributed by atoms with Crippen LogP contribution >= 0.6 is 0 Å². The van der Waals surface area contributed by atoms with Crippen LogP contribution in [-0.4, -0.2) is 10.9 Å². The van der Waals surface area contributed by atoms with Crippen molar-refractivity contribution in [2.24, 2.45) is 11.8 Å². The largest absolute Gasteiger partial charge is 0.512 e. The van der Waals surface area contributed by atoms with Crippen LogP contribution in [0.3, 0.4) is 0 Å². The molecule has 0 radical (unpaired) electrons. The fourth-order valence-corrected chi connectivity index (χ4v) is 1.06. The number of allylic oxidation sites excluding steroid dienone is 2. The lowest BCUT2D eigenvalue weighted by molar-refractivity contribution is -0.115. The Kier molecular flexibility index (Phi) is 6.26. The van der Waals surface area contributed by atoms with E-state index >= 15 is 0 Å². The Bertz CT molecular complexity index is 206. The molecule has 0 fully saturated rings. The average molecular weight is 198 g/mol. The number of carbonyl (C=O) groups excluding carboxylic acids is 1. The standard InChI is InChI=1S/C12H22O2/c1-5-9(3)7-11(13)8-12(14)10(4)6-2/h8-10,14H,5-7H2,1-4H3. The molecule has 2 unspecified atom stereocenters. The Balaban J connectivity index is 4.15. The van der Waals surface area contributed by atoms with Crippen LogP contribution in [-0.2, 0) is 4.79 Å². The van der Waals surface area contributed by atoms with Gasteiger partial charge in [0, 0.05) is 18.4 Å². The van der Waals surface area contributed by atoms with Crippen LogP contribution in [0.15, 0.2) is 11.8 Å². The van der Waals surface area contributed by atoms with Crippen LogP contribution < -0.4 is 0 Å². The van der Waals surface area contributed by atoms with E-state index in [-0.39, 0.29) is 17.5 Å².